The second-order valence-corrected chi connectivity index (χ2v) is 9.82. The molecule has 9 nitrogen and oxygen atoms in total. The van der Waals surface area contributed by atoms with Crippen LogP contribution in [-0.4, -0.2) is 65.1 Å². The molecule has 0 saturated carbocycles. The molecule has 0 spiro atoms. The number of aldehydes is 1. The van der Waals surface area contributed by atoms with E-state index in [4.69, 9.17) is 13.9 Å². The molecule has 1 fully saturated rings. The summed E-state index contributed by atoms with van der Waals surface area (Å²) in [7, 11) is 5.42. The summed E-state index contributed by atoms with van der Waals surface area (Å²) in [4.78, 5) is 13.0. The van der Waals surface area contributed by atoms with Crippen LogP contribution in [0.4, 0.5) is 5.95 Å². The van der Waals surface area contributed by atoms with E-state index in [1.54, 1.807) is 26.2 Å². The normalized spacial score (nSPS) is 18.4. The molecule has 1 aliphatic rings. The number of nitrogens with one attached hydrogen (secondary N) is 1. The quantitative estimate of drug-likeness (QED) is 0.228. The molecular formula is C25H33N5O4S. The van der Waals surface area contributed by atoms with Gasteiger partial charge in [0.15, 0.2) is 5.76 Å². The summed E-state index contributed by atoms with van der Waals surface area (Å²) in [5.74, 6) is 3.79. The van der Waals surface area contributed by atoms with Crippen LogP contribution in [0.2, 0.25) is 0 Å². The number of unbranched alkanes of at least 4 members (excludes halogenated alkanes) is 1. The summed E-state index contributed by atoms with van der Waals surface area (Å²) in [5, 5.41) is 9.30. The number of para-hydroxylation sites is 1. The van der Waals surface area contributed by atoms with Gasteiger partial charge in [-0.15, -0.1) is 10.2 Å². The Bertz CT molecular complexity index is 1110. The number of methoxy groups -OCH3 is 2. The fourth-order valence-electron chi connectivity index (χ4n) is 4.52. The summed E-state index contributed by atoms with van der Waals surface area (Å²) in [6.07, 6.45) is 5.87. The molecule has 2 aromatic heterocycles. The van der Waals surface area contributed by atoms with Crippen molar-refractivity contribution in [3.8, 4) is 28.8 Å². The Morgan fingerprint density at radius 2 is 1.94 bits per heavy atom. The fraction of sp³-hybridized carbons (Fsp3) is 0.480. The molecular weight excluding hydrogens is 466 g/mol. The molecule has 3 heterocycles. The minimum Gasteiger partial charge on any atom is -0.494 e. The second-order valence-electron chi connectivity index (χ2n) is 8.71. The van der Waals surface area contributed by atoms with Crippen molar-refractivity contribution in [1.29, 1.82) is 0 Å². The average molecular weight is 500 g/mol. The maximum absolute atomic E-state index is 10.6. The van der Waals surface area contributed by atoms with Crippen molar-refractivity contribution >= 4 is 24.2 Å². The van der Waals surface area contributed by atoms with Crippen LogP contribution in [0, 0.1) is 6.92 Å². The molecule has 1 N–H and O–H groups in total. The molecule has 0 radical (unpaired) electrons. The zero-order valence-electron chi connectivity index (χ0n) is 20.7. The first kappa shape index (κ1) is 25.1. The van der Waals surface area contributed by atoms with E-state index in [2.05, 4.69) is 26.9 Å². The van der Waals surface area contributed by atoms with Gasteiger partial charge in [-0.25, -0.2) is 0 Å². The number of carbonyl (C=O) groups is 1. The van der Waals surface area contributed by atoms with Crippen molar-refractivity contribution in [3.63, 3.8) is 0 Å². The third-order valence-electron chi connectivity index (χ3n) is 6.36. The van der Waals surface area contributed by atoms with Gasteiger partial charge < -0.3 is 23.6 Å². The van der Waals surface area contributed by atoms with Crippen molar-refractivity contribution < 1.29 is 18.7 Å². The monoisotopic (exact) mass is 499 g/mol. The van der Waals surface area contributed by atoms with Gasteiger partial charge in [-0.05, 0) is 75.9 Å². The van der Waals surface area contributed by atoms with Gasteiger partial charge in [-0.1, -0.05) is 6.07 Å². The van der Waals surface area contributed by atoms with Crippen molar-refractivity contribution in [2.45, 2.75) is 50.3 Å². The Balaban J connectivity index is 1.58. The van der Waals surface area contributed by atoms with E-state index < -0.39 is 0 Å². The zero-order chi connectivity index (χ0) is 24.8. The molecule has 1 aromatic carbocycles. The first-order valence-electron chi connectivity index (χ1n) is 11.8. The highest BCUT2D eigenvalue weighted by Gasteiger charge is 2.28. The molecule has 1 aliphatic heterocycles. The minimum absolute atomic E-state index is 0.390. The average Bonchev–Trinajstić information content (AvgIpc) is 3.49. The molecule has 0 bridgehead atoms. The van der Waals surface area contributed by atoms with Crippen LogP contribution < -0.4 is 14.2 Å². The van der Waals surface area contributed by atoms with Crippen LogP contribution in [0.25, 0.3) is 17.3 Å². The Labute approximate surface area is 210 Å². The lowest BCUT2D eigenvalue weighted by Gasteiger charge is -2.36. The highest BCUT2D eigenvalue weighted by molar-refractivity contribution is 8.01. The first-order chi connectivity index (χ1) is 17.0. The number of aromatic nitrogens is 3. The summed E-state index contributed by atoms with van der Waals surface area (Å²) >= 11 is 1.65. The van der Waals surface area contributed by atoms with Crippen LogP contribution in [0.3, 0.4) is 0 Å². The first-order valence-corrected chi connectivity index (χ1v) is 12.7. The molecule has 3 aromatic rings. The summed E-state index contributed by atoms with van der Waals surface area (Å²) in [6.45, 7) is 2.86. The molecule has 0 unspecified atom stereocenters. The molecule has 188 valence electrons. The maximum atomic E-state index is 10.6. The predicted molar refractivity (Wildman–Crippen MR) is 137 cm³/mol. The van der Waals surface area contributed by atoms with Gasteiger partial charge in [0.1, 0.15) is 29.2 Å². The molecule has 0 amide bonds. The number of rotatable bonds is 11. The number of aryl methyl sites for hydroxylation is 1. The van der Waals surface area contributed by atoms with Gasteiger partial charge in [-0.2, -0.15) is 0 Å². The van der Waals surface area contributed by atoms with Gasteiger partial charge in [-0.3, -0.25) is 9.29 Å². The van der Waals surface area contributed by atoms with Gasteiger partial charge in [0.2, 0.25) is 11.8 Å². The van der Waals surface area contributed by atoms with Gasteiger partial charge in [0.05, 0.1) is 14.2 Å². The lowest BCUT2D eigenvalue weighted by molar-refractivity contribution is -0.108. The number of piperidine rings is 1. The third kappa shape index (κ3) is 5.65. The number of furan rings is 1. The van der Waals surface area contributed by atoms with E-state index in [0.717, 1.165) is 44.3 Å². The fourth-order valence-corrected chi connectivity index (χ4v) is 5.49. The van der Waals surface area contributed by atoms with Gasteiger partial charge >= 0.3 is 0 Å². The van der Waals surface area contributed by atoms with Crippen molar-refractivity contribution in [2.75, 3.05) is 32.5 Å². The third-order valence-corrected chi connectivity index (χ3v) is 7.38. The Morgan fingerprint density at radius 1 is 1.17 bits per heavy atom. The smallest absolute Gasteiger partial charge is 0.239 e. The Morgan fingerprint density at radius 3 is 2.57 bits per heavy atom. The molecule has 4 rings (SSSR count). The highest BCUT2D eigenvalue weighted by atomic mass is 32.2. The number of hydrogen-bond donors (Lipinski definition) is 1. The number of nitrogens with zero attached hydrogens (tertiary/aromatic N) is 4. The number of ether oxygens (including phenoxy) is 2. The molecule has 0 aliphatic carbocycles. The molecule has 2 atom stereocenters. The van der Waals surface area contributed by atoms with E-state index in [9.17, 15) is 4.79 Å². The zero-order valence-corrected chi connectivity index (χ0v) is 21.5. The standard InChI is InChI=1S/C25H33N5O4S/c1-17-11-14-22(34-17)24-26-27-25(30(24)23-20(32-3)9-7-10-21(23)33-4)28-35-19-13-12-18(29(2)16-19)8-5-6-15-31/h7,9-11,14-15,18-19H,5-6,8,12-13,16H2,1-4H3,(H,27,28)/t18-,19+/m0/s1. The molecule has 1 saturated heterocycles. The van der Waals surface area contributed by atoms with Crippen molar-refractivity contribution in [2.24, 2.45) is 0 Å². The Kier molecular flexibility index (Phi) is 8.35. The van der Waals surface area contributed by atoms with E-state index >= 15 is 0 Å². The van der Waals surface area contributed by atoms with E-state index in [0.29, 0.717) is 52.4 Å². The van der Waals surface area contributed by atoms with Gasteiger partial charge in [0.25, 0.3) is 0 Å². The number of anilines is 1. The molecule has 10 heteroatoms. The van der Waals surface area contributed by atoms with Gasteiger partial charge in [0, 0.05) is 24.3 Å². The van der Waals surface area contributed by atoms with E-state index in [1.807, 2.05) is 41.8 Å². The number of benzene rings is 1. The topological polar surface area (TPSA) is 94.7 Å². The maximum Gasteiger partial charge on any atom is 0.239 e. The lowest BCUT2D eigenvalue weighted by atomic mass is 9.98. The van der Waals surface area contributed by atoms with E-state index in [-0.39, 0.29) is 0 Å². The molecule has 35 heavy (non-hydrogen) atoms. The minimum atomic E-state index is 0.390. The highest BCUT2D eigenvalue weighted by Crippen LogP contribution is 2.39. The number of carbonyl (C=O) groups excluding carboxylic acids is 1. The van der Waals surface area contributed by atoms with Crippen LogP contribution in [0.15, 0.2) is 34.7 Å². The van der Waals surface area contributed by atoms with Crippen LogP contribution in [-0.2, 0) is 4.79 Å². The van der Waals surface area contributed by atoms with Crippen molar-refractivity contribution in [1.82, 2.24) is 19.7 Å². The summed E-state index contributed by atoms with van der Waals surface area (Å²) in [5.41, 5.74) is 0.700. The SMILES string of the molecule is COc1cccc(OC)c1-n1c(NS[C@@H]2CC[C@H](CCCC=O)N(C)C2)nnc1-c1ccc(C)o1. The predicted octanol–water partition coefficient (Wildman–Crippen LogP) is 4.75. The van der Waals surface area contributed by atoms with Crippen LogP contribution in [0.5, 0.6) is 11.5 Å². The van der Waals surface area contributed by atoms with Crippen molar-refractivity contribution in [3.05, 3.63) is 36.1 Å². The second kappa shape index (κ2) is 11.6. The van der Waals surface area contributed by atoms with E-state index in [1.165, 1.54) is 0 Å². The largest absolute Gasteiger partial charge is 0.494 e. The van der Waals surface area contributed by atoms with Crippen LogP contribution >= 0.6 is 11.9 Å². The Hall–Kier alpha value is -2.98. The summed E-state index contributed by atoms with van der Waals surface area (Å²) < 4.78 is 22.6. The summed E-state index contributed by atoms with van der Waals surface area (Å²) in [6, 6.07) is 9.96. The lowest BCUT2D eigenvalue weighted by Crippen LogP contribution is -2.42. The number of hydrogen-bond acceptors (Lipinski definition) is 9. The number of likely N-dealkylation sites (tertiary alicyclic amines) is 1. The van der Waals surface area contributed by atoms with Crippen LogP contribution in [0.1, 0.15) is 37.9 Å².